The fraction of sp³-hybridized carbons (Fsp3) is 0.0833. The topological polar surface area (TPSA) is 76.4 Å². The smallest absolute Gasteiger partial charge is 0.274 e. The monoisotopic (exact) mass is 299 g/mol. The van der Waals surface area contributed by atoms with Crippen LogP contribution in [0, 0.1) is 0 Å². The zero-order chi connectivity index (χ0) is 13.9. The van der Waals surface area contributed by atoms with Crippen LogP contribution in [0.2, 0.25) is 5.02 Å². The van der Waals surface area contributed by atoms with E-state index in [1.54, 1.807) is 24.3 Å². The van der Waals surface area contributed by atoms with Gasteiger partial charge in [-0.15, -0.1) is 0 Å². The number of aldehydes is 1. The predicted molar refractivity (Wildman–Crippen MR) is 69.6 cm³/mol. The predicted octanol–water partition coefficient (Wildman–Crippen LogP) is 2.22. The van der Waals surface area contributed by atoms with Crippen LogP contribution >= 0.6 is 11.6 Å². The van der Waals surface area contributed by atoms with E-state index in [0.717, 1.165) is 5.56 Å². The van der Waals surface area contributed by atoms with Gasteiger partial charge in [0.15, 0.2) is 12.0 Å². The van der Waals surface area contributed by atoms with E-state index in [1.807, 2.05) is 0 Å². The number of sulfonamides is 1. The van der Waals surface area contributed by atoms with E-state index < -0.39 is 10.0 Å². The van der Waals surface area contributed by atoms with Crippen LogP contribution in [-0.2, 0) is 16.6 Å². The highest BCUT2D eigenvalue weighted by Crippen LogP contribution is 2.14. The normalized spacial score (nSPS) is 11.4. The molecule has 19 heavy (non-hydrogen) atoms. The van der Waals surface area contributed by atoms with Gasteiger partial charge in [-0.05, 0) is 29.8 Å². The van der Waals surface area contributed by atoms with Gasteiger partial charge in [0, 0.05) is 11.6 Å². The summed E-state index contributed by atoms with van der Waals surface area (Å²) in [5.41, 5.74) is 0.721. The minimum Gasteiger partial charge on any atom is -0.440 e. The van der Waals surface area contributed by atoms with Crippen LogP contribution in [0.5, 0.6) is 0 Å². The average molecular weight is 300 g/mol. The first kappa shape index (κ1) is 13.8. The van der Waals surface area contributed by atoms with Crippen molar-refractivity contribution in [3.63, 3.8) is 0 Å². The molecule has 2 aromatic rings. The molecule has 2 rings (SSSR count). The molecule has 100 valence electrons. The molecule has 0 amide bonds. The third-order valence-electron chi connectivity index (χ3n) is 2.34. The minimum absolute atomic E-state index is 0.0388. The molecular weight excluding hydrogens is 290 g/mol. The number of benzene rings is 1. The third-order valence-corrected chi connectivity index (χ3v) is 3.85. The van der Waals surface area contributed by atoms with Gasteiger partial charge in [-0.3, -0.25) is 4.79 Å². The first-order valence-electron chi connectivity index (χ1n) is 5.30. The third kappa shape index (κ3) is 3.44. The number of hydrogen-bond acceptors (Lipinski definition) is 4. The zero-order valence-corrected chi connectivity index (χ0v) is 11.2. The van der Waals surface area contributed by atoms with Gasteiger partial charge in [0.2, 0.25) is 5.09 Å². The molecule has 0 unspecified atom stereocenters. The Hall–Kier alpha value is -1.63. The summed E-state index contributed by atoms with van der Waals surface area (Å²) < 4.78 is 31.0. The zero-order valence-electron chi connectivity index (χ0n) is 9.67. The van der Waals surface area contributed by atoms with Gasteiger partial charge in [0.25, 0.3) is 10.0 Å². The number of hydrogen-bond donors (Lipinski definition) is 1. The number of furan rings is 1. The fourth-order valence-electron chi connectivity index (χ4n) is 1.44. The SMILES string of the molecule is O=Cc1ccc(S(=O)(=O)NCc2cccc(Cl)c2)o1. The summed E-state index contributed by atoms with van der Waals surface area (Å²) in [6, 6.07) is 9.34. The highest BCUT2D eigenvalue weighted by Gasteiger charge is 2.18. The van der Waals surface area contributed by atoms with Crippen molar-refractivity contribution in [1.82, 2.24) is 4.72 Å². The molecule has 0 bridgehead atoms. The second-order valence-electron chi connectivity index (χ2n) is 3.73. The molecule has 0 aliphatic heterocycles. The second-order valence-corrected chi connectivity index (χ2v) is 5.86. The second kappa shape index (κ2) is 5.56. The highest BCUT2D eigenvalue weighted by atomic mass is 35.5. The van der Waals surface area contributed by atoms with Crippen LogP contribution in [0.15, 0.2) is 45.9 Å². The molecular formula is C12H10ClNO4S. The molecule has 0 saturated carbocycles. The van der Waals surface area contributed by atoms with Crippen LogP contribution in [0.4, 0.5) is 0 Å². The van der Waals surface area contributed by atoms with E-state index in [-0.39, 0.29) is 17.4 Å². The number of nitrogens with one attached hydrogen (secondary N) is 1. The largest absolute Gasteiger partial charge is 0.440 e. The van der Waals surface area contributed by atoms with E-state index in [2.05, 4.69) is 4.72 Å². The number of rotatable bonds is 5. The summed E-state index contributed by atoms with van der Waals surface area (Å²) in [6.45, 7) is 0.0833. The molecule has 1 aromatic heterocycles. The van der Waals surface area contributed by atoms with E-state index in [0.29, 0.717) is 11.3 Å². The lowest BCUT2D eigenvalue weighted by molar-refractivity contribution is 0.109. The summed E-state index contributed by atoms with van der Waals surface area (Å²) in [5.74, 6) is -0.0388. The van der Waals surface area contributed by atoms with Crippen LogP contribution in [0.25, 0.3) is 0 Å². The van der Waals surface area contributed by atoms with Crippen LogP contribution in [0.3, 0.4) is 0 Å². The van der Waals surface area contributed by atoms with Crippen molar-refractivity contribution in [2.24, 2.45) is 0 Å². The van der Waals surface area contributed by atoms with Crippen LogP contribution in [-0.4, -0.2) is 14.7 Å². The summed E-state index contributed by atoms with van der Waals surface area (Å²) in [4.78, 5) is 10.4. The van der Waals surface area contributed by atoms with Gasteiger partial charge in [0.1, 0.15) is 0 Å². The Bertz CT molecular complexity index is 693. The van der Waals surface area contributed by atoms with Crippen molar-refractivity contribution < 1.29 is 17.6 Å². The molecule has 0 radical (unpaired) electrons. The highest BCUT2D eigenvalue weighted by molar-refractivity contribution is 7.89. The molecule has 0 atom stereocenters. The number of carbonyl (C=O) groups is 1. The Morgan fingerprint density at radius 3 is 2.68 bits per heavy atom. The summed E-state index contributed by atoms with van der Waals surface area (Å²) in [7, 11) is -3.78. The van der Waals surface area contributed by atoms with Crippen molar-refractivity contribution in [2.75, 3.05) is 0 Å². The van der Waals surface area contributed by atoms with E-state index >= 15 is 0 Å². The van der Waals surface area contributed by atoms with Gasteiger partial charge < -0.3 is 4.42 Å². The molecule has 1 N–H and O–H groups in total. The molecule has 0 aliphatic carbocycles. The Balaban J connectivity index is 2.11. The molecule has 0 fully saturated rings. The van der Waals surface area contributed by atoms with Gasteiger partial charge in [-0.2, -0.15) is 0 Å². The van der Waals surface area contributed by atoms with Gasteiger partial charge in [-0.25, -0.2) is 13.1 Å². The molecule has 1 heterocycles. The number of carbonyl (C=O) groups excluding carboxylic acids is 1. The quantitative estimate of drug-likeness (QED) is 0.859. The maximum Gasteiger partial charge on any atom is 0.274 e. The van der Waals surface area contributed by atoms with Crippen molar-refractivity contribution in [1.29, 1.82) is 0 Å². The molecule has 5 nitrogen and oxygen atoms in total. The van der Waals surface area contributed by atoms with Gasteiger partial charge >= 0.3 is 0 Å². The summed E-state index contributed by atoms with van der Waals surface area (Å²) in [6.07, 6.45) is 0.440. The van der Waals surface area contributed by atoms with Crippen molar-refractivity contribution in [3.8, 4) is 0 Å². The lowest BCUT2D eigenvalue weighted by Gasteiger charge is -2.04. The fourth-order valence-corrected chi connectivity index (χ4v) is 2.60. The first-order valence-corrected chi connectivity index (χ1v) is 7.16. The maximum atomic E-state index is 11.9. The van der Waals surface area contributed by atoms with Gasteiger partial charge in [0.05, 0.1) is 0 Å². The Morgan fingerprint density at radius 1 is 1.26 bits per heavy atom. The standard InChI is InChI=1S/C12H10ClNO4S/c13-10-3-1-2-9(6-10)7-14-19(16,17)12-5-4-11(8-15)18-12/h1-6,8,14H,7H2. The molecule has 0 spiro atoms. The van der Waals surface area contributed by atoms with Crippen molar-refractivity contribution >= 4 is 27.9 Å². The molecule has 0 saturated heterocycles. The first-order chi connectivity index (χ1) is 9.01. The lowest BCUT2D eigenvalue weighted by Crippen LogP contribution is -2.22. The minimum atomic E-state index is -3.78. The molecule has 7 heteroatoms. The molecule has 0 aliphatic rings. The Labute approximate surface area is 115 Å². The van der Waals surface area contributed by atoms with Crippen LogP contribution in [0.1, 0.15) is 16.1 Å². The Morgan fingerprint density at radius 2 is 2.05 bits per heavy atom. The number of halogens is 1. The van der Waals surface area contributed by atoms with E-state index in [9.17, 15) is 13.2 Å². The van der Waals surface area contributed by atoms with E-state index in [4.69, 9.17) is 16.0 Å². The van der Waals surface area contributed by atoms with Gasteiger partial charge in [-0.1, -0.05) is 23.7 Å². The lowest BCUT2D eigenvalue weighted by atomic mass is 10.2. The maximum absolute atomic E-state index is 11.9. The summed E-state index contributed by atoms with van der Waals surface area (Å²) in [5, 5.41) is 0.231. The van der Waals surface area contributed by atoms with E-state index in [1.165, 1.54) is 12.1 Å². The average Bonchev–Trinajstić information content (AvgIpc) is 2.86. The molecule has 1 aromatic carbocycles. The van der Waals surface area contributed by atoms with Crippen molar-refractivity contribution in [2.45, 2.75) is 11.6 Å². The Kier molecular flexibility index (Phi) is 4.04. The van der Waals surface area contributed by atoms with Crippen molar-refractivity contribution in [3.05, 3.63) is 52.7 Å². The van der Waals surface area contributed by atoms with Crippen LogP contribution < -0.4 is 4.72 Å². The summed E-state index contributed by atoms with van der Waals surface area (Å²) >= 11 is 5.80.